The molecule has 7 nitrogen and oxygen atoms in total. The monoisotopic (exact) mass is 374 g/mol. The number of aromatic nitrogens is 5. The summed E-state index contributed by atoms with van der Waals surface area (Å²) in [6.45, 7) is 3.77. The second-order valence-corrected chi connectivity index (χ2v) is 6.93. The van der Waals surface area contributed by atoms with E-state index in [0.29, 0.717) is 11.2 Å². The number of rotatable bonds is 4. The fourth-order valence-corrected chi connectivity index (χ4v) is 3.56. The van der Waals surface area contributed by atoms with Crippen molar-refractivity contribution in [1.29, 1.82) is 0 Å². The average molecular weight is 374 g/mol. The van der Waals surface area contributed by atoms with Crippen LogP contribution in [0.1, 0.15) is 39.2 Å². The number of nitrogens with zero attached hydrogens (tertiary/aromatic N) is 5. The summed E-state index contributed by atoms with van der Waals surface area (Å²) in [5, 5.41) is 8.37. The highest BCUT2D eigenvalue weighted by atomic mass is 16.1. The molecule has 0 saturated heterocycles. The molecule has 0 aliphatic rings. The summed E-state index contributed by atoms with van der Waals surface area (Å²) in [4.78, 5) is 22.4. The van der Waals surface area contributed by atoms with Crippen LogP contribution in [0.2, 0.25) is 0 Å². The van der Waals surface area contributed by atoms with Crippen molar-refractivity contribution in [2.45, 2.75) is 19.9 Å². The van der Waals surface area contributed by atoms with Crippen molar-refractivity contribution in [2.24, 2.45) is 14.1 Å². The maximum atomic E-state index is 13.3. The van der Waals surface area contributed by atoms with Gasteiger partial charge in [-0.2, -0.15) is 5.10 Å². The molecule has 0 radical (unpaired) electrons. The van der Waals surface area contributed by atoms with Gasteiger partial charge in [0.25, 0.3) is 5.91 Å². The number of fused-ring (bicyclic) bond motifs is 1. The number of imidazole rings is 1. The van der Waals surface area contributed by atoms with E-state index in [1.54, 1.807) is 10.9 Å². The van der Waals surface area contributed by atoms with E-state index >= 15 is 0 Å². The highest BCUT2D eigenvalue weighted by molar-refractivity contribution is 6.06. The van der Waals surface area contributed by atoms with Crippen LogP contribution in [0.15, 0.2) is 48.8 Å². The van der Waals surface area contributed by atoms with E-state index in [1.807, 2.05) is 75.1 Å². The predicted octanol–water partition coefficient (Wildman–Crippen LogP) is 2.84. The Morgan fingerprint density at radius 3 is 2.57 bits per heavy atom. The van der Waals surface area contributed by atoms with Crippen molar-refractivity contribution in [3.8, 4) is 0 Å². The molecule has 0 aliphatic heterocycles. The largest absolute Gasteiger partial charge is 0.338 e. The van der Waals surface area contributed by atoms with Gasteiger partial charge in [-0.15, -0.1) is 0 Å². The van der Waals surface area contributed by atoms with Crippen LogP contribution in [0.5, 0.6) is 0 Å². The van der Waals surface area contributed by atoms with Crippen LogP contribution in [-0.2, 0) is 14.1 Å². The van der Waals surface area contributed by atoms with Crippen molar-refractivity contribution < 1.29 is 4.79 Å². The molecule has 0 unspecified atom stereocenters. The molecule has 0 saturated carbocycles. The quantitative estimate of drug-likeness (QED) is 0.596. The van der Waals surface area contributed by atoms with Crippen molar-refractivity contribution in [3.05, 3.63) is 77.1 Å². The van der Waals surface area contributed by atoms with Crippen molar-refractivity contribution in [3.63, 3.8) is 0 Å². The number of pyridine rings is 1. The van der Waals surface area contributed by atoms with Gasteiger partial charge in [0, 0.05) is 32.2 Å². The Morgan fingerprint density at radius 1 is 1.14 bits per heavy atom. The van der Waals surface area contributed by atoms with Gasteiger partial charge in [-0.3, -0.25) is 9.48 Å². The molecule has 4 rings (SSSR count). The third kappa shape index (κ3) is 3.05. The van der Waals surface area contributed by atoms with Gasteiger partial charge >= 0.3 is 0 Å². The predicted molar refractivity (Wildman–Crippen MR) is 107 cm³/mol. The Kier molecular flexibility index (Phi) is 4.43. The van der Waals surface area contributed by atoms with Crippen LogP contribution in [-0.4, -0.2) is 30.2 Å². The first kappa shape index (κ1) is 17.9. The highest BCUT2D eigenvalue weighted by Crippen LogP contribution is 2.25. The maximum Gasteiger partial charge on any atom is 0.253 e. The minimum absolute atomic E-state index is 0.177. The molecule has 1 atom stereocenters. The van der Waals surface area contributed by atoms with E-state index in [1.165, 1.54) is 0 Å². The van der Waals surface area contributed by atoms with E-state index in [-0.39, 0.29) is 11.9 Å². The van der Waals surface area contributed by atoms with Gasteiger partial charge in [-0.25, -0.2) is 9.97 Å². The van der Waals surface area contributed by atoms with Crippen LogP contribution >= 0.6 is 0 Å². The first-order valence-electron chi connectivity index (χ1n) is 9.09. The van der Waals surface area contributed by atoms with Gasteiger partial charge in [-0.1, -0.05) is 30.3 Å². The Bertz CT molecular complexity index is 1160. The number of benzene rings is 1. The summed E-state index contributed by atoms with van der Waals surface area (Å²) in [5.74, 6) is 0.591. The first-order valence-corrected chi connectivity index (χ1v) is 9.09. The lowest BCUT2D eigenvalue weighted by atomic mass is 10.0. The van der Waals surface area contributed by atoms with Crippen molar-refractivity contribution >= 4 is 16.9 Å². The number of amides is 1. The topological polar surface area (TPSA) is 77.6 Å². The number of nitrogens with one attached hydrogen (secondary N) is 1. The molecule has 0 fully saturated rings. The van der Waals surface area contributed by atoms with Crippen LogP contribution in [0.25, 0.3) is 11.0 Å². The smallest absolute Gasteiger partial charge is 0.253 e. The molecule has 1 amide bonds. The van der Waals surface area contributed by atoms with Gasteiger partial charge in [0.15, 0.2) is 5.65 Å². The van der Waals surface area contributed by atoms with Gasteiger partial charge in [0.05, 0.1) is 16.6 Å². The average Bonchev–Trinajstić information content (AvgIpc) is 3.22. The lowest BCUT2D eigenvalue weighted by Crippen LogP contribution is -2.31. The van der Waals surface area contributed by atoms with Crippen LogP contribution < -0.4 is 5.32 Å². The summed E-state index contributed by atoms with van der Waals surface area (Å²) in [7, 11) is 3.76. The summed E-state index contributed by atoms with van der Waals surface area (Å²) in [6.07, 6.45) is 3.61. The van der Waals surface area contributed by atoms with E-state index in [2.05, 4.69) is 20.4 Å². The molecule has 7 heteroatoms. The standard InChI is InChI=1S/C21H22N6O/c1-13-12-16(17-14(2)25-27(4)19(17)23-13)21(28)24-18(15-8-6-5-7-9-15)20-22-10-11-26(20)3/h5-12,18H,1-4H3,(H,24,28)/t18-/m0/s1. The van der Waals surface area contributed by atoms with Crippen molar-refractivity contribution in [2.75, 3.05) is 0 Å². The summed E-state index contributed by atoms with van der Waals surface area (Å²) >= 11 is 0. The molecular weight excluding hydrogens is 352 g/mol. The number of hydrogen-bond donors (Lipinski definition) is 1. The minimum Gasteiger partial charge on any atom is -0.338 e. The zero-order valence-corrected chi connectivity index (χ0v) is 16.3. The molecule has 0 spiro atoms. The molecule has 0 aliphatic carbocycles. The molecule has 1 aromatic carbocycles. The highest BCUT2D eigenvalue weighted by Gasteiger charge is 2.24. The van der Waals surface area contributed by atoms with Crippen LogP contribution in [0, 0.1) is 13.8 Å². The van der Waals surface area contributed by atoms with Gasteiger partial charge in [0.1, 0.15) is 11.9 Å². The molecule has 4 aromatic rings. The Hall–Kier alpha value is -3.48. The van der Waals surface area contributed by atoms with E-state index in [4.69, 9.17) is 0 Å². The lowest BCUT2D eigenvalue weighted by Gasteiger charge is -2.19. The minimum atomic E-state index is -0.366. The third-order valence-corrected chi connectivity index (χ3v) is 4.87. The lowest BCUT2D eigenvalue weighted by molar-refractivity contribution is 0.0942. The molecule has 28 heavy (non-hydrogen) atoms. The molecule has 0 bridgehead atoms. The zero-order valence-electron chi connectivity index (χ0n) is 16.3. The molecule has 1 N–H and O–H groups in total. The van der Waals surface area contributed by atoms with Gasteiger partial charge < -0.3 is 9.88 Å². The second kappa shape index (κ2) is 6.92. The van der Waals surface area contributed by atoms with Gasteiger partial charge in [-0.05, 0) is 25.5 Å². The van der Waals surface area contributed by atoms with E-state index < -0.39 is 0 Å². The van der Waals surface area contributed by atoms with Crippen LogP contribution in [0.3, 0.4) is 0 Å². The Labute approximate surface area is 163 Å². The summed E-state index contributed by atoms with van der Waals surface area (Å²) in [6, 6.07) is 11.3. The number of aryl methyl sites for hydroxylation is 4. The fraction of sp³-hybridized carbons (Fsp3) is 0.238. The molecular formula is C21H22N6O. The number of hydrogen-bond acceptors (Lipinski definition) is 4. The second-order valence-electron chi connectivity index (χ2n) is 6.93. The van der Waals surface area contributed by atoms with E-state index in [9.17, 15) is 4.79 Å². The summed E-state index contributed by atoms with van der Waals surface area (Å²) < 4.78 is 3.63. The number of carbonyl (C=O) groups excluding carboxylic acids is 1. The van der Waals surface area contributed by atoms with Crippen LogP contribution in [0.4, 0.5) is 0 Å². The molecule has 3 heterocycles. The zero-order chi connectivity index (χ0) is 19.8. The molecule has 142 valence electrons. The normalized spacial score (nSPS) is 12.3. The Balaban J connectivity index is 1.79. The van der Waals surface area contributed by atoms with Crippen molar-refractivity contribution in [1.82, 2.24) is 29.6 Å². The number of carbonyl (C=O) groups is 1. The fourth-order valence-electron chi connectivity index (χ4n) is 3.56. The molecule has 3 aromatic heterocycles. The summed E-state index contributed by atoms with van der Waals surface area (Å²) in [5.41, 5.74) is 3.80. The maximum absolute atomic E-state index is 13.3. The van der Waals surface area contributed by atoms with E-state index in [0.717, 1.165) is 28.2 Å². The first-order chi connectivity index (χ1) is 13.5. The SMILES string of the molecule is Cc1cc(C(=O)N[C@@H](c2ccccc2)c2nccn2C)c2c(C)nn(C)c2n1. The Morgan fingerprint density at radius 2 is 1.89 bits per heavy atom. The van der Waals surface area contributed by atoms with Gasteiger partial charge in [0.2, 0.25) is 0 Å². The third-order valence-electron chi connectivity index (χ3n) is 4.87.